The van der Waals surface area contributed by atoms with Crippen LogP contribution in [0.4, 0.5) is 0 Å². The zero-order valence-corrected chi connectivity index (χ0v) is 16.5. The average molecular weight is 368 g/mol. The highest BCUT2D eigenvalue weighted by Crippen LogP contribution is 2.50. The highest BCUT2D eigenvalue weighted by molar-refractivity contribution is 5.75. The number of carbonyl (C=O) groups is 1. The second kappa shape index (κ2) is 7.76. The minimum Gasteiger partial charge on any atom is -0.369 e. The van der Waals surface area contributed by atoms with Gasteiger partial charge in [-0.15, -0.1) is 0 Å². The summed E-state index contributed by atoms with van der Waals surface area (Å²) in [6.07, 6.45) is 9.89. The first-order valence-corrected chi connectivity index (χ1v) is 10.6. The molecule has 2 aliphatic carbocycles. The van der Waals surface area contributed by atoms with Crippen molar-refractivity contribution in [3.8, 4) is 0 Å². The lowest BCUT2D eigenvalue weighted by Gasteiger charge is -2.52. The molecule has 1 aliphatic heterocycles. The van der Waals surface area contributed by atoms with Crippen molar-refractivity contribution in [3.63, 3.8) is 0 Å². The number of piperidine rings is 1. The third kappa shape index (κ3) is 4.44. The maximum Gasteiger partial charge on any atom is 0.231 e. The molecule has 27 heavy (non-hydrogen) atoms. The van der Waals surface area contributed by atoms with Gasteiger partial charge in [-0.2, -0.15) is 0 Å². The van der Waals surface area contributed by atoms with Crippen molar-refractivity contribution in [2.75, 3.05) is 19.6 Å². The highest BCUT2D eigenvalue weighted by Gasteiger charge is 2.49. The van der Waals surface area contributed by atoms with Gasteiger partial charge in [-0.05, 0) is 68.5 Å². The van der Waals surface area contributed by atoms with Crippen molar-refractivity contribution in [3.05, 3.63) is 41.5 Å². The Morgan fingerprint density at radius 3 is 2.59 bits per heavy atom. The van der Waals surface area contributed by atoms with Crippen molar-refractivity contribution in [2.24, 2.45) is 17.1 Å². The van der Waals surface area contributed by atoms with E-state index < -0.39 is 0 Å². The molecule has 4 rings (SSSR count). The van der Waals surface area contributed by atoms with E-state index in [1.54, 1.807) is 5.57 Å². The third-order valence-corrected chi connectivity index (χ3v) is 6.93. The molecule has 0 aromatic heterocycles. The summed E-state index contributed by atoms with van der Waals surface area (Å²) in [6, 6.07) is 12.1. The SMILES string of the molecule is CC/C(=C\c1ccccc1)[C@@H]1C[C@H]1NC1CC2(CCN(CC(N)=O)CC2)C1. The summed E-state index contributed by atoms with van der Waals surface area (Å²) in [6.45, 7) is 4.76. The summed E-state index contributed by atoms with van der Waals surface area (Å²) in [7, 11) is 0. The van der Waals surface area contributed by atoms with Gasteiger partial charge in [0.05, 0.1) is 6.54 Å². The smallest absolute Gasteiger partial charge is 0.231 e. The molecular weight excluding hydrogens is 334 g/mol. The molecule has 1 aromatic rings. The Kier molecular flexibility index (Phi) is 5.38. The topological polar surface area (TPSA) is 58.4 Å². The van der Waals surface area contributed by atoms with Gasteiger partial charge in [0, 0.05) is 12.1 Å². The first-order chi connectivity index (χ1) is 13.1. The van der Waals surface area contributed by atoms with Crippen LogP contribution < -0.4 is 11.1 Å². The van der Waals surface area contributed by atoms with Gasteiger partial charge >= 0.3 is 0 Å². The Balaban J connectivity index is 1.23. The fourth-order valence-electron chi connectivity index (χ4n) is 5.24. The zero-order chi connectivity index (χ0) is 18.9. The molecule has 0 unspecified atom stereocenters. The van der Waals surface area contributed by atoms with E-state index in [1.807, 2.05) is 0 Å². The number of amides is 1. The number of likely N-dealkylation sites (tertiary alicyclic amines) is 1. The molecular formula is C23H33N3O. The van der Waals surface area contributed by atoms with Crippen LogP contribution in [0.15, 0.2) is 35.9 Å². The van der Waals surface area contributed by atoms with Crippen molar-refractivity contribution in [2.45, 2.75) is 57.5 Å². The number of nitrogens with two attached hydrogens (primary N) is 1. The first-order valence-electron chi connectivity index (χ1n) is 10.6. The average Bonchev–Trinajstić information content (AvgIpc) is 3.39. The molecule has 3 fully saturated rings. The van der Waals surface area contributed by atoms with Gasteiger partial charge < -0.3 is 11.1 Å². The summed E-state index contributed by atoms with van der Waals surface area (Å²) in [4.78, 5) is 13.3. The van der Waals surface area contributed by atoms with Gasteiger partial charge in [-0.1, -0.05) is 48.9 Å². The van der Waals surface area contributed by atoms with E-state index in [9.17, 15) is 4.79 Å². The monoisotopic (exact) mass is 367 g/mol. The normalized spacial score (nSPS) is 28.1. The predicted octanol–water partition coefficient (Wildman–Crippen LogP) is 3.19. The van der Waals surface area contributed by atoms with Crippen molar-refractivity contribution < 1.29 is 4.79 Å². The van der Waals surface area contributed by atoms with Gasteiger partial charge in [0.25, 0.3) is 0 Å². The number of benzene rings is 1. The van der Waals surface area contributed by atoms with Gasteiger partial charge in [-0.3, -0.25) is 9.69 Å². The van der Waals surface area contributed by atoms with E-state index in [2.05, 4.69) is 53.5 Å². The molecule has 0 radical (unpaired) electrons. The maximum absolute atomic E-state index is 11.1. The molecule has 1 amide bonds. The van der Waals surface area contributed by atoms with Crippen LogP contribution in [0.25, 0.3) is 6.08 Å². The van der Waals surface area contributed by atoms with E-state index in [-0.39, 0.29) is 5.91 Å². The molecule has 2 atom stereocenters. The number of carbonyl (C=O) groups excluding carboxylic acids is 1. The lowest BCUT2D eigenvalue weighted by molar-refractivity contribution is -0.120. The summed E-state index contributed by atoms with van der Waals surface area (Å²) in [5.74, 6) is 0.526. The van der Waals surface area contributed by atoms with Gasteiger partial charge in [0.15, 0.2) is 0 Å². The number of nitrogens with one attached hydrogen (secondary N) is 1. The lowest BCUT2D eigenvalue weighted by atomic mass is 9.60. The number of hydrogen-bond acceptors (Lipinski definition) is 3. The Morgan fingerprint density at radius 1 is 1.26 bits per heavy atom. The quantitative estimate of drug-likeness (QED) is 0.778. The zero-order valence-electron chi connectivity index (χ0n) is 16.5. The van der Waals surface area contributed by atoms with Gasteiger partial charge in [0.2, 0.25) is 5.91 Å². The summed E-state index contributed by atoms with van der Waals surface area (Å²) in [5.41, 5.74) is 8.77. The van der Waals surface area contributed by atoms with E-state index in [4.69, 9.17) is 5.73 Å². The summed E-state index contributed by atoms with van der Waals surface area (Å²) < 4.78 is 0. The van der Waals surface area contributed by atoms with Crippen LogP contribution in [0.5, 0.6) is 0 Å². The van der Waals surface area contributed by atoms with Crippen molar-refractivity contribution in [1.29, 1.82) is 0 Å². The van der Waals surface area contributed by atoms with Crippen LogP contribution in [0, 0.1) is 11.3 Å². The lowest BCUT2D eigenvalue weighted by Crippen LogP contribution is -2.55. The largest absolute Gasteiger partial charge is 0.369 e. The van der Waals surface area contributed by atoms with Crippen LogP contribution in [0.1, 0.15) is 51.0 Å². The molecule has 4 nitrogen and oxygen atoms in total. The molecule has 3 N–H and O–H groups in total. The molecule has 1 heterocycles. The number of rotatable bonds is 7. The first kappa shape index (κ1) is 18.7. The summed E-state index contributed by atoms with van der Waals surface area (Å²) >= 11 is 0. The molecule has 2 saturated carbocycles. The number of primary amides is 1. The van der Waals surface area contributed by atoms with Crippen LogP contribution >= 0.6 is 0 Å². The molecule has 1 spiro atoms. The molecule has 1 saturated heterocycles. The molecule has 1 aromatic carbocycles. The van der Waals surface area contributed by atoms with Crippen LogP contribution in [0.3, 0.4) is 0 Å². The fourth-order valence-corrected chi connectivity index (χ4v) is 5.24. The number of hydrogen-bond donors (Lipinski definition) is 2. The van der Waals surface area contributed by atoms with Crippen molar-refractivity contribution >= 4 is 12.0 Å². The minimum atomic E-state index is -0.200. The Labute approximate surface area is 163 Å². The van der Waals surface area contributed by atoms with E-state index >= 15 is 0 Å². The Morgan fingerprint density at radius 2 is 1.96 bits per heavy atom. The van der Waals surface area contributed by atoms with E-state index in [1.165, 1.54) is 37.7 Å². The molecule has 146 valence electrons. The standard InChI is InChI=1S/C23H33N3O/c1-2-18(12-17-6-4-3-5-7-17)20-13-21(20)25-19-14-23(15-19)8-10-26(11-9-23)16-22(24)27/h3-7,12,19-21,25H,2,8-11,13-16H2,1H3,(H2,24,27)/b18-12+/t20-,21+/m0/s1. The van der Waals surface area contributed by atoms with Gasteiger partial charge in [-0.25, -0.2) is 0 Å². The van der Waals surface area contributed by atoms with E-state index in [0.717, 1.165) is 25.4 Å². The summed E-state index contributed by atoms with van der Waals surface area (Å²) in [5, 5.41) is 3.93. The third-order valence-electron chi connectivity index (χ3n) is 6.93. The van der Waals surface area contributed by atoms with Crippen LogP contribution in [0.2, 0.25) is 0 Å². The molecule has 0 bridgehead atoms. The maximum atomic E-state index is 11.1. The molecule has 4 heteroatoms. The fraction of sp³-hybridized carbons (Fsp3) is 0.609. The number of nitrogens with zero attached hydrogens (tertiary/aromatic N) is 1. The predicted molar refractivity (Wildman–Crippen MR) is 110 cm³/mol. The Hall–Kier alpha value is -1.65. The second-order valence-corrected chi connectivity index (χ2v) is 8.95. The highest BCUT2D eigenvalue weighted by atomic mass is 16.1. The minimum absolute atomic E-state index is 0.200. The van der Waals surface area contributed by atoms with Crippen LogP contribution in [-0.2, 0) is 4.79 Å². The van der Waals surface area contributed by atoms with Crippen LogP contribution in [-0.4, -0.2) is 42.5 Å². The second-order valence-electron chi connectivity index (χ2n) is 8.95. The molecule has 3 aliphatic rings. The van der Waals surface area contributed by atoms with E-state index in [0.29, 0.717) is 24.0 Å². The van der Waals surface area contributed by atoms with Gasteiger partial charge in [0.1, 0.15) is 0 Å². The van der Waals surface area contributed by atoms with Crippen molar-refractivity contribution in [1.82, 2.24) is 10.2 Å². The Bertz CT molecular complexity index is 683.